The van der Waals surface area contributed by atoms with E-state index in [4.69, 9.17) is 14.0 Å². The molecule has 0 saturated carbocycles. The first kappa shape index (κ1) is 18.5. The predicted octanol–water partition coefficient (Wildman–Crippen LogP) is 3.96. The summed E-state index contributed by atoms with van der Waals surface area (Å²) in [6.07, 6.45) is -0.433. The molecule has 1 saturated heterocycles. The summed E-state index contributed by atoms with van der Waals surface area (Å²) < 4.78 is 19.9. The molecular formula is C18H23BBrNO4. The number of nitrogens with zero attached hydrogens (tertiary/aromatic N) is 1. The number of rotatable bonds is 1. The second-order valence-corrected chi connectivity index (χ2v) is 9.12. The molecule has 2 heterocycles. The highest BCUT2D eigenvalue weighted by atomic mass is 79.9. The summed E-state index contributed by atoms with van der Waals surface area (Å²) in [6, 6.07) is 7.68. The Bertz CT molecular complexity index is 799. The van der Waals surface area contributed by atoms with Gasteiger partial charge in [-0.1, -0.05) is 29.8 Å². The fraction of sp³-hybridized carbons (Fsp3) is 0.500. The normalized spacial score (nSPS) is 17.8. The highest BCUT2D eigenvalue weighted by Crippen LogP contribution is 2.25. The first-order valence-corrected chi connectivity index (χ1v) is 9.13. The Hall–Kier alpha value is -1.31. The van der Waals surface area contributed by atoms with Crippen molar-refractivity contribution in [3.63, 3.8) is 0 Å². The largest absolute Gasteiger partial charge is 0.512 e. The molecule has 3 rings (SSSR count). The van der Waals surface area contributed by atoms with E-state index in [1.807, 2.05) is 45.0 Å². The summed E-state index contributed by atoms with van der Waals surface area (Å²) in [4.78, 5) is 12.8. The minimum Gasteiger partial charge on any atom is -0.443 e. The molecule has 1 aromatic carbocycles. The third-order valence-electron chi connectivity index (χ3n) is 3.86. The highest BCUT2D eigenvalue weighted by Gasteiger charge is 2.37. The van der Waals surface area contributed by atoms with Gasteiger partial charge in [-0.3, -0.25) is 4.57 Å². The first-order chi connectivity index (χ1) is 11.6. The van der Waals surface area contributed by atoms with Crippen molar-refractivity contribution in [2.45, 2.75) is 40.2 Å². The summed E-state index contributed by atoms with van der Waals surface area (Å²) >= 11 is 3.48. The minimum atomic E-state index is -0.591. The van der Waals surface area contributed by atoms with Crippen LogP contribution in [0.4, 0.5) is 4.79 Å². The van der Waals surface area contributed by atoms with Crippen LogP contribution in [0.15, 0.2) is 28.7 Å². The van der Waals surface area contributed by atoms with Gasteiger partial charge in [0.25, 0.3) is 0 Å². The van der Waals surface area contributed by atoms with E-state index in [9.17, 15) is 4.79 Å². The zero-order chi connectivity index (χ0) is 18.4. The highest BCUT2D eigenvalue weighted by molar-refractivity contribution is 9.10. The molecule has 0 amide bonds. The van der Waals surface area contributed by atoms with Crippen LogP contribution in [0.2, 0.25) is 0 Å². The Morgan fingerprint density at radius 2 is 1.88 bits per heavy atom. The maximum absolute atomic E-state index is 12.8. The van der Waals surface area contributed by atoms with Gasteiger partial charge in [-0.25, -0.2) is 4.79 Å². The molecule has 1 fully saturated rings. The molecule has 1 aliphatic rings. The fourth-order valence-electron chi connectivity index (χ4n) is 2.76. The van der Waals surface area contributed by atoms with Gasteiger partial charge in [0.05, 0.1) is 11.1 Å². The van der Waals surface area contributed by atoms with Gasteiger partial charge in [0.15, 0.2) is 0 Å². The lowest BCUT2D eigenvalue weighted by molar-refractivity contribution is 0.0328. The summed E-state index contributed by atoms with van der Waals surface area (Å²) in [5, 5.41) is 0.923. The molecule has 0 radical (unpaired) electrons. The fourth-order valence-corrected chi connectivity index (χ4v) is 3.13. The van der Waals surface area contributed by atoms with Crippen molar-refractivity contribution in [3.8, 4) is 0 Å². The van der Waals surface area contributed by atoms with E-state index in [1.54, 1.807) is 4.57 Å². The van der Waals surface area contributed by atoms with Crippen LogP contribution in [0, 0.1) is 5.41 Å². The Morgan fingerprint density at radius 1 is 1.24 bits per heavy atom. The molecule has 0 N–H and O–H groups in total. The van der Waals surface area contributed by atoms with Gasteiger partial charge in [0.1, 0.15) is 5.60 Å². The van der Waals surface area contributed by atoms with Gasteiger partial charge < -0.3 is 14.0 Å². The molecule has 2 aromatic rings. The van der Waals surface area contributed by atoms with E-state index in [2.05, 4.69) is 29.8 Å². The Labute approximate surface area is 156 Å². The molecule has 0 spiro atoms. The topological polar surface area (TPSA) is 49.7 Å². The van der Waals surface area contributed by atoms with Crippen LogP contribution in [-0.2, 0) is 14.0 Å². The Kier molecular flexibility index (Phi) is 4.77. The zero-order valence-electron chi connectivity index (χ0n) is 15.3. The van der Waals surface area contributed by atoms with E-state index >= 15 is 0 Å². The first-order valence-electron chi connectivity index (χ1n) is 8.33. The van der Waals surface area contributed by atoms with Gasteiger partial charge in [-0.05, 0) is 45.0 Å². The lowest BCUT2D eigenvalue weighted by Gasteiger charge is -2.33. The van der Waals surface area contributed by atoms with E-state index in [-0.39, 0.29) is 5.41 Å². The van der Waals surface area contributed by atoms with Crippen LogP contribution in [0.3, 0.4) is 0 Å². The molecule has 134 valence electrons. The van der Waals surface area contributed by atoms with Crippen LogP contribution in [0.1, 0.15) is 34.6 Å². The van der Waals surface area contributed by atoms with E-state index < -0.39 is 18.8 Å². The quantitative estimate of drug-likeness (QED) is 0.671. The lowest BCUT2D eigenvalue weighted by Crippen LogP contribution is -2.51. The van der Waals surface area contributed by atoms with Crippen molar-refractivity contribution in [1.29, 1.82) is 0 Å². The van der Waals surface area contributed by atoms with Gasteiger partial charge in [0, 0.05) is 28.5 Å². The van der Waals surface area contributed by atoms with Crippen LogP contribution in [-0.4, -0.2) is 36.6 Å². The number of carbonyl (C=O) groups is 1. The van der Waals surface area contributed by atoms with Crippen molar-refractivity contribution < 1.29 is 18.8 Å². The number of carbonyl (C=O) groups excluding carboxylic acids is 1. The molecule has 0 bridgehead atoms. The van der Waals surface area contributed by atoms with E-state index in [0.717, 1.165) is 15.4 Å². The summed E-state index contributed by atoms with van der Waals surface area (Å²) in [5.41, 5.74) is 0.793. The third-order valence-corrected chi connectivity index (χ3v) is 4.35. The lowest BCUT2D eigenvalue weighted by atomic mass is 9.80. The number of aromatic nitrogens is 1. The summed E-state index contributed by atoms with van der Waals surface area (Å²) in [7, 11) is -0.591. The minimum absolute atomic E-state index is 0.0394. The Balaban J connectivity index is 2.04. The van der Waals surface area contributed by atoms with Crippen molar-refractivity contribution in [1.82, 2.24) is 4.57 Å². The standard InChI is InChI=1S/C18H23BBrNO4/c1-17(2,3)25-16(22)21-14-7-6-13(20)8-12(14)9-15(21)19-23-10-18(4,5)11-24-19/h6-9H,10-11H2,1-5H3. The molecule has 25 heavy (non-hydrogen) atoms. The third kappa shape index (κ3) is 4.10. The number of benzene rings is 1. The van der Waals surface area contributed by atoms with Crippen molar-refractivity contribution >= 4 is 45.6 Å². The number of halogens is 1. The number of ether oxygens (including phenoxy) is 1. The van der Waals surface area contributed by atoms with Gasteiger partial charge in [-0.15, -0.1) is 0 Å². The van der Waals surface area contributed by atoms with Crippen LogP contribution in [0.5, 0.6) is 0 Å². The van der Waals surface area contributed by atoms with Crippen LogP contribution < -0.4 is 5.59 Å². The molecule has 0 unspecified atom stereocenters. The van der Waals surface area contributed by atoms with Crippen LogP contribution >= 0.6 is 15.9 Å². The smallest absolute Gasteiger partial charge is 0.443 e. The molecular weight excluding hydrogens is 385 g/mol. The summed E-state index contributed by atoms with van der Waals surface area (Å²) in [6.45, 7) is 10.9. The molecule has 1 aliphatic heterocycles. The molecule has 1 aromatic heterocycles. The zero-order valence-corrected chi connectivity index (χ0v) is 16.8. The Morgan fingerprint density at radius 3 is 2.48 bits per heavy atom. The number of hydrogen-bond acceptors (Lipinski definition) is 4. The monoisotopic (exact) mass is 407 g/mol. The van der Waals surface area contributed by atoms with Gasteiger partial charge >= 0.3 is 13.2 Å². The average molecular weight is 408 g/mol. The molecule has 7 heteroatoms. The maximum Gasteiger partial charge on any atom is 0.512 e. The van der Waals surface area contributed by atoms with Crippen molar-refractivity contribution in [2.24, 2.45) is 5.41 Å². The van der Waals surface area contributed by atoms with Crippen molar-refractivity contribution in [3.05, 3.63) is 28.7 Å². The molecule has 0 aliphatic carbocycles. The van der Waals surface area contributed by atoms with E-state index in [0.29, 0.717) is 18.8 Å². The number of hydrogen-bond donors (Lipinski definition) is 0. The van der Waals surface area contributed by atoms with Gasteiger partial charge in [0.2, 0.25) is 0 Å². The summed E-state index contributed by atoms with van der Waals surface area (Å²) in [5.74, 6) is 0. The molecule has 5 nitrogen and oxygen atoms in total. The van der Waals surface area contributed by atoms with Gasteiger partial charge in [-0.2, -0.15) is 0 Å². The maximum atomic E-state index is 12.8. The molecule has 0 atom stereocenters. The average Bonchev–Trinajstić information content (AvgIpc) is 2.83. The van der Waals surface area contributed by atoms with E-state index in [1.165, 1.54) is 0 Å². The second-order valence-electron chi connectivity index (χ2n) is 8.21. The predicted molar refractivity (Wildman–Crippen MR) is 102 cm³/mol. The SMILES string of the molecule is CC1(C)COB(c2cc3cc(Br)ccc3n2C(=O)OC(C)(C)C)OC1. The second kappa shape index (κ2) is 6.45. The van der Waals surface area contributed by atoms with Crippen molar-refractivity contribution in [2.75, 3.05) is 13.2 Å². The van der Waals surface area contributed by atoms with Crippen LogP contribution in [0.25, 0.3) is 10.9 Å². The number of fused-ring (bicyclic) bond motifs is 1.